The summed E-state index contributed by atoms with van der Waals surface area (Å²) in [7, 11) is 1.49. The third-order valence-electron chi connectivity index (χ3n) is 5.57. The molecule has 8 nitrogen and oxygen atoms in total. The highest BCUT2D eigenvalue weighted by Gasteiger charge is 2.21. The molecule has 0 atom stereocenters. The van der Waals surface area contributed by atoms with Crippen LogP contribution in [-0.4, -0.2) is 59.0 Å². The van der Waals surface area contributed by atoms with Crippen LogP contribution in [0.4, 0.5) is 10.1 Å². The Hall–Kier alpha value is -3.33. The Balaban J connectivity index is 1.41. The van der Waals surface area contributed by atoms with E-state index in [-0.39, 0.29) is 11.3 Å². The molecule has 0 saturated carbocycles. The average molecular weight is 424 g/mol. The number of nitrogens with one attached hydrogen (secondary N) is 2. The maximum atomic E-state index is 14.4. The molecule has 1 saturated heterocycles. The SMILES string of the molecule is CCc1nc2ccc(CN3CCN(c4ccc(C(=O)NC)nc4F)CC3)cc2[nH]c1=O. The van der Waals surface area contributed by atoms with Gasteiger partial charge in [-0.1, -0.05) is 13.0 Å². The van der Waals surface area contributed by atoms with Gasteiger partial charge in [0.25, 0.3) is 11.5 Å². The maximum absolute atomic E-state index is 14.4. The number of hydrogen-bond donors (Lipinski definition) is 2. The van der Waals surface area contributed by atoms with Crippen molar-refractivity contribution in [2.24, 2.45) is 0 Å². The minimum Gasteiger partial charge on any atom is -0.365 e. The Morgan fingerprint density at radius 2 is 1.94 bits per heavy atom. The van der Waals surface area contributed by atoms with E-state index in [1.807, 2.05) is 30.0 Å². The molecule has 0 bridgehead atoms. The standard InChI is InChI=1S/C22H25FN6O2/c1-3-15-22(31)27-18-12-14(4-5-16(18)25-15)13-28-8-10-29(11-9-28)19-7-6-17(21(30)24-2)26-20(19)23/h4-7,12H,3,8-11,13H2,1-2H3,(H,24,30)(H,27,31). The number of H-pyrrole nitrogens is 1. The lowest BCUT2D eigenvalue weighted by atomic mass is 10.1. The molecule has 1 amide bonds. The molecule has 1 aliphatic heterocycles. The fraction of sp³-hybridized carbons (Fsp3) is 0.364. The first kappa shape index (κ1) is 20.9. The molecule has 31 heavy (non-hydrogen) atoms. The number of amides is 1. The second kappa shape index (κ2) is 8.81. The predicted octanol–water partition coefficient (Wildman–Crippen LogP) is 1.70. The summed E-state index contributed by atoms with van der Waals surface area (Å²) in [6.45, 7) is 5.48. The van der Waals surface area contributed by atoms with Crippen LogP contribution >= 0.6 is 0 Å². The number of carbonyl (C=O) groups excluding carboxylic acids is 1. The van der Waals surface area contributed by atoms with E-state index >= 15 is 0 Å². The van der Waals surface area contributed by atoms with Gasteiger partial charge in [-0.25, -0.2) is 9.97 Å². The number of rotatable bonds is 5. The van der Waals surface area contributed by atoms with Gasteiger partial charge in [0.1, 0.15) is 11.4 Å². The summed E-state index contributed by atoms with van der Waals surface area (Å²) < 4.78 is 14.4. The number of halogens is 1. The normalized spacial score (nSPS) is 14.7. The lowest BCUT2D eigenvalue weighted by Gasteiger charge is -2.36. The summed E-state index contributed by atoms with van der Waals surface area (Å²) in [6.07, 6.45) is 0.599. The molecule has 2 N–H and O–H groups in total. The molecule has 1 aromatic carbocycles. The van der Waals surface area contributed by atoms with E-state index in [0.29, 0.717) is 30.9 Å². The number of aromatic nitrogens is 3. The molecule has 0 radical (unpaired) electrons. The Morgan fingerprint density at radius 3 is 2.61 bits per heavy atom. The van der Waals surface area contributed by atoms with E-state index in [1.165, 1.54) is 13.1 Å². The van der Waals surface area contributed by atoms with Gasteiger partial charge in [0.15, 0.2) is 0 Å². The number of aryl methyl sites for hydroxylation is 1. The molecule has 0 unspecified atom stereocenters. The minimum absolute atomic E-state index is 0.0669. The second-order valence-corrected chi connectivity index (χ2v) is 7.57. The maximum Gasteiger partial charge on any atom is 0.270 e. The summed E-state index contributed by atoms with van der Waals surface area (Å²) in [4.78, 5) is 39.0. The van der Waals surface area contributed by atoms with Crippen molar-refractivity contribution in [2.75, 3.05) is 38.1 Å². The largest absolute Gasteiger partial charge is 0.365 e. The smallest absolute Gasteiger partial charge is 0.270 e. The topological polar surface area (TPSA) is 94.2 Å². The highest BCUT2D eigenvalue weighted by Crippen LogP contribution is 2.21. The summed E-state index contributed by atoms with van der Waals surface area (Å²) in [5.41, 5.74) is 3.49. The number of aromatic amines is 1. The van der Waals surface area contributed by atoms with Crippen molar-refractivity contribution in [3.05, 3.63) is 63.6 Å². The van der Waals surface area contributed by atoms with E-state index in [4.69, 9.17) is 0 Å². The zero-order chi connectivity index (χ0) is 22.0. The van der Waals surface area contributed by atoms with Crippen LogP contribution < -0.4 is 15.8 Å². The Bertz CT molecular complexity index is 1170. The number of piperazine rings is 1. The van der Waals surface area contributed by atoms with Crippen LogP contribution in [0.5, 0.6) is 0 Å². The zero-order valence-corrected chi connectivity index (χ0v) is 17.6. The number of carbonyl (C=O) groups is 1. The van der Waals surface area contributed by atoms with E-state index in [2.05, 4.69) is 25.2 Å². The fourth-order valence-corrected chi connectivity index (χ4v) is 3.83. The molecule has 162 valence electrons. The van der Waals surface area contributed by atoms with Crippen LogP contribution in [0.15, 0.2) is 35.1 Å². The zero-order valence-electron chi connectivity index (χ0n) is 17.6. The number of hydrogen-bond acceptors (Lipinski definition) is 6. The number of benzene rings is 1. The molecule has 9 heteroatoms. The fourth-order valence-electron chi connectivity index (χ4n) is 3.83. The predicted molar refractivity (Wildman–Crippen MR) is 117 cm³/mol. The lowest BCUT2D eigenvalue weighted by molar-refractivity contribution is 0.0957. The second-order valence-electron chi connectivity index (χ2n) is 7.57. The van der Waals surface area contributed by atoms with Crippen LogP contribution in [0, 0.1) is 5.95 Å². The molecule has 1 aliphatic rings. The molecule has 0 aliphatic carbocycles. The summed E-state index contributed by atoms with van der Waals surface area (Å²) in [5, 5.41) is 2.44. The van der Waals surface area contributed by atoms with Crippen molar-refractivity contribution in [3.63, 3.8) is 0 Å². The number of pyridine rings is 1. The first-order valence-electron chi connectivity index (χ1n) is 10.4. The Kier molecular flexibility index (Phi) is 5.94. The van der Waals surface area contributed by atoms with Crippen molar-refractivity contribution in [1.29, 1.82) is 0 Å². The number of anilines is 1. The van der Waals surface area contributed by atoms with Gasteiger partial charge in [-0.15, -0.1) is 0 Å². The Morgan fingerprint density at radius 1 is 1.16 bits per heavy atom. The molecule has 2 aromatic heterocycles. The van der Waals surface area contributed by atoms with Gasteiger partial charge in [-0.3, -0.25) is 14.5 Å². The van der Waals surface area contributed by atoms with E-state index in [1.54, 1.807) is 6.07 Å². The van der Waals surface area contributed by atoms with Crippen molar-refractivity contribution in [3.8, 4) is 0 Å². The van der Waals surface area contributed by atoms with Crippen molar-refractivity contribution < 1.29 is 9.18 Å². The van der Waals surface area contributed by atoms with Gasteiger partial charge in [-0.05, 0) is 36.2 Å². The average Bonchev–Trinajstić information content (AvgIpc) is 2.78. The van der Waals surface area contributed by atoms with E-state index in [0.717, 1.165) is 36.2 Å². The third-order valence-corrected chi connectivity index (χ3v) is 5.57. The molecule has 3 heterocycles. The number of fused-ring (bicyclic) bond motifs is 1. The van der Waals surface area contributed by atoms with Crippen LogP contribution in [-0.2, 0) is 13.0 Å². The van der Waals surface area contributed by atoms with Crippen molar-refractivity contribution >= 4 is 22.6 Å². The molecule has 0 spiro atoms. The van der Waals surface area contributed by atoms with Crippen LogP contribution in [0.25, 0.3) is 11.0 Å². The summed E-state index contributed by atoms with van der Waals surface area (Å²) in [5.74, 6) is -1.04. The highest BCUT2D eigenvalue weighted by atomic mass is 19.1. The monoisotopic (exact) mass is 424 g/mol. The van der Waals surface area contributed by atoms with E-state index < -0.39 is 11.9 Å². The summed E-state index contributed by atoms with van der Waals surface area (Å²) >= 11 is 0. The van der Waals surface area contributed by atoms with Gasteiger partial charge in [-0.2, -0.15) is 4.39 Å². The molecule has 4 rings (SSSR count). The van der Waals surface area contributed by atoms with Gasteiger partial charge in [0.2, 0.25) is 5.95 Å². The van der Waals surface area contributed by atoms with Crippen LogP contribution in [0.3, 0.4) is 0 Å². The first-order chi connectivity index (χ1) is 15.0. The van der Waals surface area contributed by atoms with Gasteiger partial charge in [0.05, 0.1) is 16.7 Å². The minimum atomic E-state index is -0.632. The number of nitrogens with zero attached hydrogens (tertiary/aromatic N) is 4. The third kappa shape index (κ3) is 4.41. The van der Waals surface area contributed by atoms with E-state index in [9.17, 15) is 14.0 Å². The molecular weight excluding hydrogens is 399 g/mol. The Labute approximate surface area is 179 Å². The van der Waals surface area contributed by atoms with Crippen LogP contribution in [0.1, 0.15) is 28.7 Å². The van der Waals surface area contributed by atoms with Crippen LogP contribution in [0.2, 0.25) is 0 Å². The van der Waals surface area contributed by atoms with Crippen molar-refractivity contribution in [2.45, 2.75) is 19.9 Å². The lowest BCUT2D eigenvalue weighted by Crippen LogP contribution is -2.46. The van der Waals surface area contributed by atoms with Gasteiger partial charge in [0, 0.05) is 39.8 Å². The molecular formula is C22H25FN6O2. The summed E-state index contributed by atoms with van der Waals surface area (Å²) in [6, 6.07) is 9.08. The highest BCUT2D eigenvalue weighted by molar-refractivity contribution is 5.92. The quantitative estimate of drug-likeness (QED) is 0.606. The molecule has 3 aromatic rings. The first-order valence-corrected chi connectivity index (χ1v) is 10.4. The van der Waals surface area contributed by atoms with Crippen molar-refractivity contribution in [1.82, 2.24) is 25.2 Å². The van der Waals surface area contributed by atoms with Gasteiger partial charge < -0.3 is 15.2 Å². The van der Waals surface area contributed by atoms with Gasteiger partial charge >= 0.3 is 0 Å². The molecule has 1 fully saturated rings.